The van der Waals surface area contributed by atoms with Gasteiger partial charge in [0.2, 0.25) is 5.91 Å². The summed E-state index contributed by atoms with van der Waals surface area (Å²) in [5.41, 5.74) is 3.02. The van der Waals surface area contributed by atoms with Crippen molar-refractivity contribution in [1.82, 2.24) is 4.90 Å². The van der Waals surface area contributed by atoms with Gasteiger partial charge in [-0.05, 0) is 38.1 Å². The molecule has 0 bridgehead atoms. The summed E-state index contributed by atoms with van der Waals surface area (Å²) >= 11 is 0. The molecular formula is C23H26N2O8. The number of nitrogens with zero attached hydrogens (tertiary/aromatic N) is 1. The molecule has 2 fully saturated rings. The Morgan fingerprint density at radius 2 is 1.73 bits per heavy atom. The van der Waals surface area contributed by atoms with Crippen molar-refractivity contribution in [2.24, 2.45) is 29.4 Å². The molecule has 1 aromatic rings. The molecule has 33 heavy (non-hydrogen) atoms. The number of aliphatic hydroxyl groups is 2. The monoisotopic (exact) mass is 458 g/mol. The van der Waals surface area contributed by atoms with Gasteiger partial charge in [-0.25, -0.2) is 0 Å². The Bertz CT molecular complexity index is 1130. The lowest BCUT2D eigenvalue weighted by atomic mass is 9.49. The lowest BCUT2D eigenvalue weighted by Gasteiger charge is -2.56. The minimum atomic E-state index is -2.98. The average Bonchev–Trinajstić information content (AvgIpc) is 2.72. The maximum Gasteiger partial charge on any atom is 0.235 e. The molecule has 176 valence electrons. The molecule has 0 radical (unpaired) electrons. The summed E-state index contributed by atoms with van der Waals surface area (Å²) in [6.45, 7) is 3.25. The fraction of sp³-hybridized carbons (Fsp3) is 0.522. The van der Waals surface area contributed by atoms with Crippen LogP contribution in [0.25, 0.3) is 0 Å². The van der Waals surface area contributed by atoms with Gasteiger partial charge in [-0.3, -0.25) is 28.9 Å². The third kappa shape index (κ3) is 2.74. The molecule has 1 amide bonds. The van der Waals surface area contributed by atoms with Crippen LogP contribution in [0.15, 0.2) is 12.1 Å². The van der Waals surface area contributed by atoms with E-state index >= 15 is 0 Å². The second kappa shape index (κ2) is 7.28. The van der Waals surface area contributed by atoms with Crippen LogP contribution in [0.4, 0.5) is 0 Å². The van der Waals surface area contributed by atoms with E-state index in [2.05, 4.69) is 0 Å². The third-order valence-corrected chi connectivity index (χ3v) is 7.69. The number of likely N-dealkylation sites (N-methyl/N-ethyl adjacent to an activating group) is 1. The molecule has 8 atom stereocenters. The minimum Gasteiger partial charge on any atom is -0.507 e. The Kier molecular flexibility index (Phi) is 5.12. The Hall–Kier alpha value is -2.95. The molecular weight excluding hydrogens is 432 g/mol. The van der Waals surface area contributed by atoms with Gasteiger partial charge in [0.15, 0.2) is 34.7 Å². The zero-order chi connectivity index (χ0) is 24.7. The molecule has 3 aliphatic rings. The van der Waals surface area contributed by atoms with Gasteiger partial charge in [-0.2, -0.15) is 0 Å². The van der Waals surface area contributed by atoms with Gasteiger partial charge in [0.1, 0.15) is 5.75 Å². The number of hydrogen-bond donors (Lipinski definition) is 4. The van der Waals surface area contributed by atoms with Crippen LogP contribution in [0.1, 0.15) is 34.3 Å². The van der Waals surface area contributed by atoms with Gasteiger partial charge in [-0.1, -0.05) is 19.1 Å². The normalized spacial score (nSPS) is 38.1. The fourth-order valence-corrected chi connectivity index (χ4v) is 6.09. The number of amides is 1. The van der Waals surface area contributed by atoms with Gasteiger partial charge in [0, 0.05) is 5.92 Å². The predicted octanol–water partition coefficient (Wildman–Crippen LogP) is -1.29. The molecule has 5 N–H and O–H groups in total. The van der Waals surface area contributed by atoms with Crippen molar-refractivity contribution in [3.05, 3.63) is 28.8 Å². The summed E-state index contributed by atoms with van der Waals surface area (Å²) < 4.78 is 0. The molecule has 2 saturated carbocycles. The summed E-state index contributed by atoms with van der Waals surface area (Å²) in [7, 11) is 2.90. The molecule has 3 aliphatic carbocycles. The number of rotatable bonds is 2. The number of ketones is 4. The van der Waals surface area contributed by atoms with Crippen molar-refractivity contribution < 1.29 is 39.3 Å². The number of Topliss-reactive ketones (excluding diaryl/α,β-unsaturated/α-hetero) is 4. The van der Waals surface area contributed by atoms with Gasteiger partial charge in [-0.15, -0.1) is 0 Å². The lowest BCUT2D eigenvalue weighted by molar-refractivity contribution is -0.196. The largest absolute Gasteiger partial charge is 0.507 e. The first-order valence-electron chi connectivity index (χ1n) is 10.6. The van der Waals surface area contributed by atoms with E-state index in [9.17, 15) is 39.3 Å². The summed E-state index contributed by atoms with van der Waals surface area (Å²) in [6.07, 6.45) is -1.62. The summed E-state index contributed by atoms with van der Waals surface area (Å²) in [6, 6.07) is 1.87. The average molecular weight is 458 g/mol. The van der Waals surface area contributed by atoms with Crippen LogP contribution in [0.2, 0.25) is 0 Å². The number of benzene rings is 1. The number of primary amides is 1. The van der Waals surface area contributed by atoms with Crippen molar-refractivity contribution in [3.63, 3.8) is 0 Å². The van der Waals surface area contributed by atoms with Crippen LogP contribution >= 0.6 is 0 Å². The van der Waals surface area contributed by atoms with Gasteiger partial charge in [0.05, 0.1) is 29.5 Å². The van der Waals surface area contributed by atoms with Crippen molar-refractivity contribution in [3.8, 4) is 5.75 Å². The highest BCUT2D eigenvalue weighted by atomic mass is 16.3. The second-order valence-corrected chi connectivity index (χ2v) is 9.56. The molecule has 1 aromatic carbocycles. The van der Waals surface area contributed by atoms with Crippen LogP contribution in [-0.4, -0.2) is 81.1 Å². The zero-order valence-electron chi connectivity index (χ0n) is 18.6. The number of carbonyl (C=O) groups excluding carboxylic acids is 5. The Labute approximate surface area is 189 Å². The first-order chi connectivity index (χ1) is 15.3. The van der Waals surface area contributed by atoms with Crippen molar-refractivity contribution >= 4 is 29.0 Å². The number of fused-ring (bicyclic) bond motifs is 3. The van der Waals surface area contributed by atoms with Gasteiger partial charge in [0.25, 0.3) is 0 Å². The highest BCUT2D eigenvalue weighted by molar-refractivity contribution is 6.32. The number of hydrogen-bond acceptors (Lipinski definition) is 9. The quantitative estimate of drug-likeness (QED) is 0.393. The van der Waals surface area contributed by atoms with E-state index in [0.29, 0.717) is 11.1 Å². The summed E-state index contributed by atoms with van der Waals surface area (Å²) in [4.78, 5) is 66.7. The maximum absolute atomic E-state index is 13.7. The standard InChI is InChI=1S/C23H26N2O8/c1-7-5-6-9-8(2)10-12(17(27)11(9)16(7)26)20(30)23(33)14(18(10)28)15(25(3)4)19(29)13(21(23)31)22(24)32/h5-6,8,10,12-15,18,26,28,33H,1-4H3,(H2,24,32)/t8-,10+,12?,13?,14+,15-,18-,23-/m1/s1. The molecule has 0 heterocycles. The van der Waals surface area contributed by atoms with Gasteiger partial charge >= 0.3 is 0 Å². The Balaban J connectivity index is 1.97. The maximum atomic E-state index is 13.7. The lowest BCUT2D eigenvalue weighted by Crippen LogP contribution is -2.77. The fourth-order valence-electron chi connectivity index (χ4n) is 6.09. The van der Waals surface area contributed by atoms with E-state index in [1.54, 1.807) is 26.0 Å². The zero-order valence-corrected chi connectivity index (χ0v) is 18.6. The highest BCUT2D eigenvalue weighted by Gasteiger charge is 2.72. The first kappa shape index (κ1) is 23.2. The number of phenolic OH excluding ortho intramolecular Hbond substituents is 1. The van der Waals surface area contributed by atoms with E-state index in [1.165, 1.54) is 19.0 Å². The number of nitrogens with two attached hydrogens (primary N) is 1. The minimum absolute atomic E-state index is 0.0960. The number of aromatic hydroxyl groups is 1. The van der Waals surface area contributed by atoms with Crippen LogP contribution in [0.3, 0.4) is 0 Å². The molecule has 10 nitrogen and oxygen atoms in total. The second-order valence-electron chi connectivity index (χ2n) is 9.56. The molecule has 0 aromatic heterocycles. The summed E-state index contributed by atoms with van der Waals surface area (Å²) in [5.74, 6) is -13.0. The Morgan fingerprint density at radius 1 is 1.12 bits per heavy atom. The SMILES string of the molecule is Cc1ccc2c(c1O)C(=O)C1C(=O)[C@@]3(O)C(=O)C(C(N)=O)C(=O)[C@H](N(C)C)[C@H]3[C@H](O)[C@H]1[C@@H]2C. The van der Waals surface area contributed by atoms with Crippen molar-refractivity contribution in [2.45, 2.75) is 37.5 Å². The molecule has 4 rings (SSSR count). The number of aliphatic hydroxyl groups excluding tert-OH is 1. The molecule has 0 saturated heterocycles. The number of carbonyl (C=O) groups is 5. The highest BCUT2D eigenvalue weighted by Crippen LogP contribution is 2.54. The molecule has 10 heteroatoms. The molecule has 0 aliphatic heterocycles. The van der Waals surface area contributed by atoms with Crippen molar-refractivity contribution in [2.75, 3.05) is 14.1 Å². The first-order valence-corrected chi connectivity index (χ1v) is 10.6. The van der Waals surface area contributed by atoms with Crippen LogP contribution in [-0.2, 0) is 19.2 Å². The Morgan fingerprint density at radius 3 is 2.27 bits per heavy atom. The van der Waals surface area contributed by atoms with E-state index in [4.69, 9.17) is 5.73 Å². The molecule has 2 unspecified atom stereocenters. The van der Waals surface area contributed by atoms with E-state index in [-0.39, 0.29) is 11.3 Å². The van der Waals surface area contributed by atoms with Gasteiger partial charge < -0.3 is 21.1 Å². The van der Waals surface area contributed by atoms with E-state index in [1.807, 2.05) is 0 Å². The molecule has 0 spiro atoms. The summed E-state index contributed by atoms with van der Waals surface area (Å²) in [5, 5.41) is 33.5. The smallest absolute Gasteiger partial charge is 0.235 e. The van der Waals surface area contributed by atoms with Crippen molar-refractivity contribution in [1.29, 1.82) is 0 Å². The predicted molar refractivity (Wildman–Crippen MR) is 112 cm³/mol. The van der Waals surface area contributed by atoms with E-state index < -0.39 is 76.4 Å². The number of phenols is 1. The van der Waals surface area contributed by atoms with Crippen LogP contribution in [0.5, 0.6) is 5.75 Å². The van der Waals surface area contributed by atoms with Crippen LogP contribution in [0, 0.1) is 30.6 Å². The van der Waals surface area contributed by atoms with E-state index in [0.717, 1.165) is 0 Å². The van der Waals surface area contributed by atoms with Crippen LogP contribution < -0.4 is 5.73 Å². The topological polar surface area (TPSA) is 175 Å². The number of aryl methyl sites for hydroxylation is 1. The third-order valence-electron chi connectivity index (χ3n) is 7.69.